The average molecular weight is 687 g/mol. The Morgan fingerprint density at radius 2 is 0.769 bits per heavy atom. The lowest BCUT2D eigenvalue weighted by atomic mass is 9.65. The Labute approximate surface area is 304 Å². The molecule has 0 aliphatic heterocycles. The second-order valence-corrected chi connectivity index (χ2v) is 13.6. The van der Waals surface area contributed by atoms with E-state index >= 15 is 4.79 Å². The minimum Gasteiger partial charge on any atom is -0.378 e. The second kappa shape index (κ2) is 14.4. The van der Waals surface area contributed by atoms with Crippen LogP contribution in [0.5, 0.6) is 0 Å². The third kappa shape index (κ3) is 5.90. The Morgan fingerprint density at radius 3 is 1.00 bits per heavy atom. The molecule has 260 valence electrons. The fourth-order valence-electron chi connectivity index (χ4n) is 7.94. The maximum Gasteiger partial charge on any atom is 0.239 e. The van der Waals surface area contributed by atoms with Crippen LogP contribution in [0.15, 0.2) is 182 Å². The Kier molecular flexibility index (Phi) is 9.61. The van der Waals surface area contributed by atoms with Crippen molar-refractivity contribution in [2.45, 2.75) is 42.5 Å². The van der Waals surface area contributed by atoms with E-state index < -0.39 is 40.5 Å². The average Bonchev–Trinajstić information content (AvgIpc) is 3.19. The van der Waals surface area contributed by atoms with Crippen molar-refractivity contribution in [3.63, 3.8) is 0 Å². The molecule has 52 heavy (non-hydrogen) atoms. The molecular formula is C46H42N2O4. The Morgan fingerprint density at radius 1 is 0.500 bits per heavy atom. The van der Waals surface area contributed by atoms with Crippen LogP contribution >= 0.6 is 0 Å². The Bertz CT molecular complexity index is 1880. The Balaban J connectivity index is 1.65. The minimum absolute atomic E-state index is 0.255. The normalized spacial score (nSPS) is 15.1. The summed E-state index contributed by atoms with van der Waals surface area (Å²) in [6.45, 7) is 0. The number of primary amides is 1. The maximum absolute atomic E-state index is 15.9. The first-order chi connectivity index (χ1) is 25.3. The summed E-state index contributed by atoms with van der Waals surface area (Å²) in [5.74, 6) is -1.28. The van der Waals surface area contributed by atoms with Gasteiger partial charge in [0.15, 0.2) is 0 Å². The molecule has 0 spiro atoms. The van der Waals surface area contributed by atoms with Gasteiger partial charge in [-0.3, -0.25) is 9.59 Å². The van der Waals surface area contributed by atoms with Gasteiger partial charge in [0, 0.05) is 0 Å². The van der Waals surface area contributed by atoms with Gasteiger partial charge in [-0.1, -0.05) is 188 Å². The fourth-order valence-corrected chi connectivity index (χ4v) is 7.94. The van der Waals surface area contributed by atoms with Crippen LogP contribution in [0.4, 0.5) is 0 Å². The molecule has 0 heterocycles. The molecule has 0 aromatic heterocycles. The number of amides is 2. The van der Waals surface area contributed by atoms with E-state index in [0.717, 1.165) is 0 Å². The van der Waals surface area contributed by atoms with Crippen molar-refractivity contribution in [3.8, 4) is 0 Å². The summed E-state index contributed by atoms with van der Waals surface area (Å²) in [5.41, 5.74) is 4.19. The second-order valence-electron chi connectivity index (χ2n) is 13.6. The third-order valence-corrected chi connectivity index (χ3v) is 10.8. The molecule has 6 heteroatoms. The number of carbonyl (C=O) groups is 2. The molecule has 2 unspecified atom stereocenters. The molecular weight excluding hydrogens is 645 g/mol. The van der Waals surface area contributed by atoms with E-state index in [9.17, 15) is 15.0 Å². The molecule has 2 atom stereocenters. The molecule has 7 rings (SSSR count). The summed E-state index contributed by atoms with van der Waals surface area (Å²) in [4.78, 5) is 31.1. The van der Waals surface area contributed by atoms with Gasteiger partial charge in [-0.05, 0) is 46.2 Å². The smallest absolute Gasteiger partial charge is 0.239 e. The lowest BCUT2D eigenvalue weighted by Gasteiger charge is -2.54. The molecule has 6 aromatic carbocycles. The summed E-state index contributed by atoms with van der Waals surface area (Å²) in [7, 11) is 0. The van der Waals surface area contributed by atoms with Crippen LogP contribution in [0.3, 0.4) is 0 Å². The summed E-state index contributed by atoms with van der Waals surface area (Å²) in [6, 6.07) is 53.5. The molecule has 6 aromatic rings. The number of hydrogen-bond acceptors (Lipinski definition) is 4. The van der Waals surface area contributed by atoms with Gasteiger partial charge in [-0.25, -0.2) is 0 Å². The summed E-state index contributed by atoms with van der Waals surface area (Å²) < 4.78 is 0. The van der Waals surface area contributed by atoms with Crippen molar-refractivity contribution in [1.29, 1.82) is 0 Å². The van der Waals surface area contributed by atoms with Crippen LogP contribution in [-0.2, 0) is 20.8 Å². The number of carbonyl (C=O) groups excluding carboxylic acids is 2. The lowest BCUT2D eigenvalue weighted by Crippen LogP contribution is -2.61. The molecule has 0 radical (unpaired) electrons. The highest BCUT2D eigenvalue weighted by Gasteiger charge is 2.60. The van der Waals surface area contributed by atoms with Gasteiger partial charge in [0.25, 0.3) is 0 Å². The zero-order valence-electron chi connectivity index (χ0n) is 28.8. The number of nitrogens with two attached hydrogens (primary N) is 1. The molecule has 2 amide bonds. The largest absolute Gasteiger partial charge is 0.378 e. The van der Waals surface area contributed by atoms with Gasteiger partial charge in [0.1, 0.15) is 16.6 Å². The van der Waals surface area contributed by atoms with Crippen molar-refractivity contribution in [2.75, 3.05) is 0 Å². The molecule has 0 saturated heterocycles. The van der Waals surface area contributed by atoms with E-state index in [1.807, 2.05) is 182 Å². The number of nitrogens with zero attached hydrogens (tertiary/aromatic N) is 1. The quantitative estimate of drug-likeness (QED) is 0.114. The zero-order chi connectivity index (χ0) is 36.2. The zero-order valence-corrected chi connectivity index (χ0v) is 28.8. The van der Waals surface area contributed by atoms with Crippen molar-refractivity contribution in [2.24, 2.45) is 11.1 Å². The highest BCUT2D eigenvalue weighted by atomic mass is 16.3. The van der Waals surface area contributed by atoms with E-state index in [1.54, 1.807) is 4.90 Å². The molecule has 1 saturated carbocycles. The fraction of sp³-hybridized carbons (Fsp3) is 0.174. The first kappa shape index (κ1) is 34.6. The summed E-state index contributed by atoms with van der Waals surface area (Å²) in [5, 5.41) is 27.6. The summed E-state index contributed by atoms with van der Waals surface area (Å²) >= 11 is 0. The van der Waals surface area contributed by atoms with Crippen LogP contribution in [0.2, 0.25) is 0 Å². The minimum atomic E-state index is -1.90. The van der Waals surface area contributed by atoms with Gasteiger partial charge >= 0.3 is 0 Å². The van der Waals surface area contributed by atoms with Crippen molar-refractivity contribution in [1.82, 2.24) is 4.90 Å². The maximum atomic E-state index is 15.9. The van der Waals surface area contributed by atoms with Crippen LogP contribution in [-0.4, -0.2) is 26.9 Å². The van der Waals surface area contributed by atoms with E-state index in [1.165, 1.54) is 0 Å². The van der Waals surface area contributed by atoms with E-state index in [4.69, 9.17) is 5.73 Å². The van der Waals surface area contributed by atoms with Crippen molar-refractivity contribution in [3.05, 3.63) is 215 Å². The van der Waals surface area contributed by atoms with Gasteiger partial charge in [-0.2, -0.15) is 0 Å². The molecule has 4 N–H and O–H groups in total. The van der Waals surface area contributed by atoms with Gasteiger partial charge in [-0.15, -0.1) is 0 Å². The van der Waals surface area contributed by atoms with E-state index in [2.05, 4.69) is 0 Å². The Hall–Kier alpha value is -5.82. The van der Waals surface area contributed by atoms with Gasteiger partial charge in [0.2, 0.25) is 11.8 Å². The number of rotatable bonds is 12. The molecule has 1 fully saturated rings. The molecule has 6 nitrogen and oxygen atoms in total. The molecule has 0 bridgehead atoms. The molecule has 1 aliphatic carbocycles. The summed E-state index contributed by atoms with van der Waals surface area (Å²) in [6.07, 6.45) is 1.15. The van der Waals surface area contributed by atoms with Gasteiger partial charge < -0.3 is 20.8 Å². The van der Waals surface area contributed by atoms with E-state index in [0.29, 0.717) is 39.8 Å². The van der Waals surface area contributed by atoms with Crippen LogP contribution in [0.25, 0.3) is 0 Å². The lowest BCUT2D eigenvalue weighted by molar-refractivity contribution is -0.173. The van der Waals surface area contributed by atoms with Crippen molar-refractivity contribution >= 4 is 11.8 Å². The predicted molar refractivity (Wildman–Crippen MR) is 202 cm³/mol. The standard InChI is InChI=1S/C46H42N2O4/c47-42(49)44(32-19-33-44)43(50)48(40(34-20-7-1-8-21-34)45(51,36-24-11-3-12-25-36)37-26-13-4-14-27-37)41(35-22-9-2-10-23-35)46(52,38-28-15-5-16-29-38)39-30-17-6-18-31-39/h1-18,20-31,40-41,51-52H,19,32-33H2,(H2,47,49). The molecule has 1 aliphatic rings. The predicted octanol–water partition coefficient (Wildman–Crippen LogP) is 7.83. The van der Waals surface area contributed by atoms with Crippen LogP contribution in [0.1, 0.15) is 64.7 Å². The van der Waals surface area contributed by atoms with Crippen molar-refractivity contribution < 1.29 is 19.8 Å². The first-order valence-electron chi connectivity index (χ1n) is 17.7. The van der Waals surface area contributed by atoms with Crippen LogP contribution in [0, 0.1) is 5.41 Å². The highest BCUT2D eigenvalue weighted by molar-refractivity contribution is 6.05. The highest BCUT2D eigenvalue weighted by Crippen LogP contribution is 2.56. The van der Waals surface area contributed by atoms with E-state index in [-0.39, 0.29) is 12.8 Å². The third-order valence-electron chi connectivity index (χ3n) is 10.8. The van der Waals surface area contributed by atoms with Crippen LogP contribution < -0.4 is 5.73 Å². The topological polar surface area (TPSA) is 104 Å². The number of benzene rings is 6. The SMILES string of the molecule is NC(=O)C1(C(=O)N(C(c2ccccc2)C(O)(c2ccccc2)c2ccccc2)C(c2ccccc2)C(O)(c2ccccc2)c2ccccc2)CCC1. The number of aliphatic hydroxyl groups is 2. The number of hydrogen-bond donors (Lipinski definition) is 3. The van der Waals surface area contributed by atoms with Gasteiger partial charge in [0.05, 0.1) is 12.1 Å². The monoisotopic (exact) mass is 686 g/mol. The first-order valence-corrected chi connectivity index (χ1v) is 17.7.